The zero-order chi connectivity index (χ0) is 12.9. The number of benzene rings is 1. The molecule has 1 unspecified atom stereocenters. The van der Waals surface area contributed by atoms with Gasteiger partial charge in [0.2, 0.25) is 0 Å². The van der Waals surface area contributed by atoms with Gasteiger partial charge in [0.05, 0.1) is 19.3 Å². The van der Waals surface area contributed by atoms with Crippen LogP contribution in [0.2, 0.25) is 5.02 Å². The van der Waals surface area contributed by atoms with Crippen LogP contribution in [-0.2, 0) is 11.3 Å². The number of ether oxygens (including phenoxy) is 2. The fourth-order valence-corrected chi connectivity index (χ4v) is 1.61. The number of rotatable bonds is 6. The molecule has 17 heavy (non-hydrogen) atoms. The van der Waals surface area contributed by atoms with E-state index in [2.05, 4.69) is 6.92 Å². The topological polar surface area (TPSA) is 44.5 Å². The van der Waals surface area contributed by atoms with Crippen LogP contribution < -0.4 is 10.5 Å². The third-order valence-corrected chi connectivity index (χ3v) is 3.23. The van der Waals surface area contributed by atoms with Crippen molar-refractivity contribution in [1.82, 2.24) is 0 Å². The highest BCUT2D eigenvalue weighted by Crippen LogP contribution is 2.25. The first-order valence-corrected chi connectivity index (χ1v) is 6.09. The molecule has 2 N–H and O–H groups in total. The predicted molar refractivity (Wildman–Crippen MR) is 70.5 cm³/mol. The maximum Gasteiger partial charge on any atom is 0.124 e. The third-order valence-electron chi connectivity index (χ3n) is 3.00. The Balaban J connectivity index is 2.77. The Morgan fingerprint density at radius 1 is 1.41 bits per heavy atom. The second-order valence-corrected chi connectivity index (χ2v) is 4.69. The summed E-state index contributed by atoms with van der Waals surface area (Å²) in [6.07, 6.45) is 0.867. The lowest BCUT2D eigenvalue weighted by atomic mass is 10.0. The lowest BCUT2D eigenvalue weighted by Gasteiger charge is -2.27. The number of hydrogen-bond acceptors (Lipinski definition) is 3. The minimum absolute atomic E-state index is 0.298. The number of methoxy groups -OCH3 is 1. The standard InChI is InChI=1S/C13H20ClNO2/c1-4-13(2,9-15)17-8-10-7-11(14)5-6-12(10)16-3/h5-7H,4,8-9,15H2,1-3H3. The molecule has 0 aliphatic carbocycles. The van der Waals surface area contributed by atoms with E-state index in [0.29, 0.717) is 18.2 Å². The van der Waals surface area contributed by atoms with Gasteiger partial charge in [0.15, 0.2) is 0 Å². The van der Waals surface area contributed by atoms with Crippen LogP contribution in [-0.4, -0.2) is 19.3 Å². The van der Waals surface area contributed by atoms with Gasteiger partial charge in [0.25, 0.3) is 0 Å². The van der Waals surface area contributed by atoms with Crippen molar-refractivity contribution < 1.29 is 9.47 Å². The number of hydrogen-bond donors (Lipinski definition) is 1. The summed E-state index contributed by atoms with van der Waals surface area (Å²) in [5.41, 5.74) is 6.34. The normalized spacial score (nSPS) is 14.4. The van der Waals surface area contributed by atoms with Gasteiger partial charge < -0.3 is 15.2 Å². The molecular weight excluding hydrogens is 238 g/mol. The van der Waals surface area contributed by atoms with E-state index in [-0.39, 0.29) is 5.60 Å². The quantitative estimate of drug-likeness (QED) is 0.852. The van der Waals surface area contributed by atoms with Gasteiger partial charge in [-0.15, -0.1) is 0 Å². The molecule has 0 saturated heterocycles. The smallest absolute Gasteiger partial charge is 0.124 e. The van der Waals surface area contributed by atoms with E-state index in [1.54, 1.807) is 13.2 Å². The zero-order valence-corrected chi connectivity index (χ0v) is 11.4. The first-order valence-electron chi connectivity index (χ1n) is 5.71. The van der Waals surface area contributed by atoms with E-state index in [4.69, 9.17) is 26.8 Å². The summed E-state index contributed by atoms with van der Waals surface area (Å²) in [7, 11) is 1.63. The van der Waals surface area contributed by atoms with Gasteiger partial charge in [-0.1, -0.05) is 18.5 Å². The molecule has 0 aliphatic rings. The van der Waals surface area contributed by atoms with Gasteiger partial charge in [-0.25, -0.2) is 0 Å². The van der Waals surface area contributed by atoms with Crippen molar-refractivity contribution in [2.75, 3.05) is 13.7 Å². The van der Waals surface area contributed by atoms with Crippen molar-refractivity contribution in [1.29, 1.82) is 0 Å². The molecule has 1 aromatic rings. The summed E-state index contributed by atoms with van der Waals surface area (Å²) >= 11 is 5.96. The molecule has 3 nitrogen and oxygen atoms in total. The van der Waals surface area contributed by atoms with Crippen LogP contribution in [0.25, 0.3) is 0 Å². The predicted octanol–water partition coefficient (Wildman–Crippen LogP) is 2.99. The SMILES string of the molecule is CCC(C)(CN)OCc1cc(Cl)ccc1OC. The van der Waals surface area contributed by atoms with E-state index in [1.165, 1.54) is 0 Å². The van der Waals surface area contributed by atoms with Crippen LogP contribution in [0.3, 0.4) is 0 Å². The van der Waals surface area contributed by atoms with E-state index in [9.17, 15) is 0 Å². The van der Waals surface area contributed by atoms with Crippen molar-refractivity contribution in [3.05, 3.63) is 28.8 Å². The van der Waals surface area contributed by atoms with Gasteiger partial charge in [0.1, 0.15) is 5.75 Å². The van der Waals surface area contributed by atoms with Crippen molar-refractivity contribution in [2.45, 2.75) is 32.5 Å². The average molecular weight is 258 g/mol. The second-order valence-electron chi connectivity index (χ2n) is 4.25. The highest BCUT2D eigenvalue weighted by molar-refractivity contribution is 6.30. The molecule has 4 heteroatoms. The minimum atomic E-state index is -0.298. The summed E-state index contributed by atoms with van der Waals surface area (Å²) in [6, 6.07) is 5.49. The third kappa shape index (κ3) is 3.87. The van der Waals surface area contributed by atoms with E-state index >= 15 is 0 Å². The molecule has 0 radical (unpaired) electrons. The van der Waals surface area contributed by atoms with E-state index < -0.39 is 0 Å². The van der Waals surface area contributed by atoms with Gasteiger partial charge in [-0.2, -0.15) is 0 Å². The molecule has 1 rings (SSSR count). The first-order chi connectivity index (χ1) is 8.04. The fourth-order valence-electron chi connectivity index (χ4n) is 1.42. The lowest BCUT2D eigenvalue weighted by Crippen LogP contribution is -2.36. The van der Waals surface area contributed by atoms with Crippen molar-refractivity contribution in [2.24, 2.45) is 5.73 Å². The Bertz CT molecular complexity index is 364. The van der Waals surface area contributed by atoms with Crippen molar-refractivity contribution >= 4 is 11.6 Å². The fraction of sp³-hybridized carbons (Fsp3) is 0.538. The lowest BCUT2D eigenvalue weighted by molar-refractivity contribution is -0.0393. The van der Waals surface area contributed by atoms with Crippen LogP contribution in [0.1, 0.15) is 25.8 Å². The zero-order valence-electron chi connectivity index (χ0n) is 10.6. The summed E-state index contributed by atoms with van der Waals surface area (Å²) in [6.45, 7) is 5.00. The average Bonchev–Trinajstić information content (AvgIpc) is 2.36. The Morgan fingerprint density at radius 3 is 2.65 bits per heavy atom. The monoisotopic (exact) mass is 257 g/mol. The highest BCUT2D eigenvalue weighted by atomic mass is 35.5. The molecule has 0 aromatic heterocycles. The van der Waals surface area contributed by atoms with Gasteiger partial charge in [-0.3, -0.25) is 0 Å². The molecule has 0 spiro atoms. The Kier molecular flexibility index (Phi) is 5.25. The van der Waals surface area contributed by atoms with Crippen LogP contribution in [0.15, 0.2) is 18.2 Å². The summed E-state index contributed by atoms with van der Waals surface area (Å²) in [5.74, 6) is 0.782. The minimum Gasteiger partial charge on any atom is -0.496 e. The maximum absolute atomic E-state index is 5.96. The van der Waals surface area contributed by atoms with E-state index in [0.717, 1.165) is 17.7 Å². The number of nitrogens with two attached hydrogens (primary N) is 1. The molecule has 96 valence electrons. The molecule has 0 aliphatic heterocycles. The molecule has 1 atom stereocenters. The largest absolute Gasteiger partial charge is 0.496 e. The van der Waals surface area contributed by atoms with Crippen LogP contribution in [0.4, 0.5) is 0 Å². The van der Waals surface area contributed by atoms with E-state index in [1.807, 2.05) is 19.1 Å². The molecular formula is C13H20ClNO2. The van der Waals surface area contributed by atoms with Gasteiger partial charge >= 0.3 is 0 Å². The van der Waals surface area contributed by atoms with Gasteiger partial charge in [0, 0.05) is 17.1 Å². The van der Waals surface area contributed by atoms with Crippen molar-refractivity contribution in [3.8, 4) is 5.75 Å². The summed E-state index contributed by atoms with van der Waals surface area (Å²) in [4.78, 5) is 0. The Hall–Kier alpha value is -0.770. The second kappa shape index (κ2) is 6.24. The summed E-state index contributed by atoms with van der Waals surface area (Å²) < 4.78 is 11.1. The molecule has 0 heterocycles. The van der Waals surface area contributed by atoms with Crippen LogP contribution in [0, 0.1) is 0 Å². The van der Waals surface area contributed by atoms with Crippen molar-refractivity contribution in [3.63, 3.8) is 0 Å². The molecule has 1 aromatic carbocycles. The maximum atomic E-state index is 5.96. The molecule has 0 saturated carbocycles. The number of halogens is 1. The molecule has 0 amide bonds. The summed E-state index contributed by atoms with van der Waals surface area (Å²) in [5, 5.41) is 0.676. The molecule has 0 bridgehead atoms. The Labute approximate surface area is 108 Å². The first kappa shape index (κ1) is 14.3. The van der Waals surface area contributed by atoms with Crippen LogP contribution in [0.5, 0.6) is 5.75 Å². The molecule has 0 fully saturated rings. The Morgan fingerprint density at radius 2 is 2.12 bits per heavy atom. The van der Waals surface area contributed by atoms with Gasteiger partial charge in [-0.05, 0) is 31.5 Å². The van der Waals surface area contributed by atoms with Crippen LogP contribution >= 0.6 is 11.6 Å². The highest BCUT2D eigenvalue weighted by Gasteiger charge is 2.21.